The van der Waals surface area contributed by atoms with E-state index in [1.165, 1.54) is 18.4 Å². The van der Waals surface area contributed by atoms with Crippen molar-refractivity contribution < 1.29 is 9.53 Å². The van der Waals surface area contributed by atoms with E-state index in [-0.39, 0.29) is 11.8 Å². The molecule has 0 aliphatic carbocycles. The minimum Gasteiger partial charge on any atom is -0.495 e. The number of fused-ring (bicyclic) bond motifs is 2. The zero-order chi connectivity index (χ0) is 18.8. The number of anilines is 1. The number of nitrogens with zero attached hydrogens (tertiary/aromatic N) is 1. The number of amides is 1. The maximum absolute atomic E-state index is 12.9. The molecule has 27 heavy (non-hydrogen) atoms. The van der Waals surface area contributed by atoms with Crippen molar-refractivity contribution >= 4 is 23.2 Å². The van der Waals surface area contributed by atoms with E-state index >= 15 is 0 Å². The van der Waals surface area contributed by atoms with Crippen LogP contribution in [0.5, 0.6) is 5.75 Å². The van der Waals surface area contributed by atoms with E-state index < -0.39 is 0 Å². The van der Waals surface area contributed by atoms with Crippen LogP contribution in [0.2, 0.25) is 5.02 Å². The number of piperidine rings is 1. The van der Waals surface area contributed by atoms with Gasteiger partial charge in [0.15, 0.2) is 0 Å². The molecular formula is C22H25ClN2O2. The number of benzene rings is 2. The summed E-state index contributed by atoms with van der Waals surface area (Å²) in [5.41, 5.74) is 2.00. The van der Waals surface area contributed by atoms with Gasteiger partial charge < -0.3 is 10.1 Å². The monoisotopic (exact) mass is 384 g/mol. The molecule has 0 radical (unpaired) electrons. The second-order valence-electron chi connectivity index (χ2n) is 7.55. The van der Waals surface area contributed by atoms with Gasteiger partial charge in [-0.15, -0.1) is 0 Å². The van der Waals surface area contributed by atoms with E-state index in [2.05, 4.69) is 40.5 Å². The van der Waals surface area contributed by atoms with Crippen molar-refractivity contribution in [2.75, 3.05) is 12.4 Å². The molecule has 2 aliphatic rings. The van der Waals surface area contributed by atoms with Crippen LogP contribution in [0.25, 0.3) is 0 Å². The zero-order valence-electron chi connectivity index (χ0n) is 15.5. The van der Waals surface area contributed by atoms with Gasteiger partial charge in [0.05, 0.1) is 12.8 Å². The third kappa shape index (κ3) is 3.97. The number of nitrogens with one attached hydrogen (secondary N) is 1. The normalized spacial score (nSPS) is 24.6. The molecule has 0 spiro atoms. The topological polar surface area (TPSA) is 41.6 Å². The molecule has 1 N–H and O–H groups in total. The molecule has 2 saturated heterocycles. The number of rotatable bonds is 5. The van der Waals surface area contributed by atoms with E-state index in [1.54, 1.807) is 25.3 Å². The molecule has 5 heteroatoms. The SMILES string of the molecule is COc1ccc(Cl)cc1NC(=O)C1CC2CCC(C1)N2Cc1ccccc1. The number of hydrogen-bond acceptors (Lipinski definition) is 3. The number of methoxy groups -OCH3 is 1. The van der Waals surface area contributed by atoms with Crippen molar-refractivity contribution in [2.45, 2.75) is 44.3 Å². The van der Waals surface area contributed by atoms with Crippen molar-refractivity contribution in [1.29, 1.82) is 0 Å². The van der Waals surface area contributed by atoms with Crippen LogP contribution in [-0.2, 0) is 11.3 Å². The van der Waals surface area contributed by atoms with E-state index in [0.717, 1.165) is 19.4 Å². The fourth-order valence-corrected chi connectivity index (χ4v) is 4.73. The molecule has 2 aromatic carbocycles. The lowest BCUT2D eigenvalue weighted by Gasteiger charge is -2.38. The predicted octanol–water partition coefficient (Wildman–Crippen LogP) is 4.73. The lowest BCUT2D eigenvalue weighted by Crippen LogP contribution is -2.45. The summed E-state index contributed by atoms with van der Waals surface area (Å²) < 4.78 is 5.34. The van der Waals surface area contributed by atoms with Crippen molar-refractivity contribution in [1.82, 2.24) is 4.90 Å². The van der Waals surface area contributed by atoms with Gasteiger partial charge in [-0.2, -0.15) is 0 Å². The summed E-state index contributed by atoms with van der Waals surface area (Å²) in [6.45, 7) is 0.979. The van der Waals surface area contributed by atoms with Crippen LogP contribution in [0, 0.1) is 5.92 Å². The van der Waals surface area contributed by atoms with Gasteiger partial charge in [0, 0.05) is 29.6 Å². The van der Waals surface area contributed by atoms with Crippen LogP contribution in [0.3, 0.4) is 0 Å². The Bertz CT molecular complexity index is 797. The summed E-state index contributed by atoms with van der Waals surface area (Å²) in [7, 11) is 1.60. The Kier molecular flexibility index (Phi) is 5.37. The molecule has 0 aromatic heterocycles. The van der Waals surface area contributed by atoms with E-state index in [1.807, 2.05) is 0 Å². The molecule has 2 bridgehead atoms. The Morgan fingerprint density at radius 1 is 1.15 bits per heavy atom. The van der Waals surface area contributed by atoms with Crippen molar-refractivity contribution in [3.63, 3.8) is 0 Å². The summed E-state index contributed by atoms with van der Waals surface area (Å²) in [4.78, 5) is 15.5. The number of ether oxygens (including phenoxy) is 1. The Hall–Kier alpha value is -2.04. The predicted molar refractivity (Wildman–Crippen MR) is 108 cm³/mol. The highest BCUT2D eigenvalue weighted by atomic mass is 35.5. The van der Waals surface area contributed by atoms with Gasteiger partial charge in [0.1, 0.15) is 5.75 Å². The van der Waals surface area contributed by atoms with Crippen molar-refractivity contribution in [3.8, 4) is 5.75 Å². The first-order valence-electron chi connectivity index (χ1n) is 9.58. The van der Waals surface area contributed by atoms with Crippen molar-refractivity contribution in [2.24, 2.45) is 5.92 Å². The highest BCUT2D eigenvalue weighted by Gasteiger charge is 2.42. The molecule has 0 saturated carbocycles. The largest absolute Gasteiger partial charge is 0.495 e. The van der Waals surface area contributed by atoms with Crippen LogP contribution in [-0.4, -0.2) is 30.0 Å². The molecule has 142 valence electrons. The second-order valence-corrected chi connectivity index (χ2v) is 7.98. The molecule has 2 heterocycles. The molecule has 2 fully saturated rings. The molecule has 4 nitrogen and oxygen atoms in total. The summed E-state index contributed by atoms with van der Waals surface area (Å²) in [6.07, 6.45) is 4.19. The van der Waals surface area contributed by atoms with Gasteiger partial charge in [-0.05, 0) is 49.4 Å². The highest BCUT2D eigenvalue weighted by molar-refractivity contribution is 6.31. The van der Waals surface area contributed by atoms with Gasteiger partial charge in [-0.3, -0.25) is 9.69 Å². The fourth-order valence-electron chi connectivity index (χ4n) is 4.55. The first-order chi connectivity index (χ1) is 13.1. The summed E-state index contributed by atoms with van der Waals surface area (Å²) in [6, 6.07) is 16.9. The van der Waals surface area contributed by atoms with E-state index in [4.69, 9.17) is 16.3 Å². The van der Waals surface area contributed by atoms with Gasteiger partial charge in [-0.25, -0.2) is 0 Å². The molecule has 2 unspecified atom stereocenters. The number of carbonyl (C=O) groups excluding carboxylic acids is 1. The Morgan fingerprint density at radius 2 is 1.85 bits per heavy atom. The first-order valence-corrected chi connectivity index (χ1v) is 9.96. The van der Waals surface area contributed by atoms with E-state index in [0.29, 0.717) is 28.5 Å². The quantitative estimate of drug-likeness (QED) is 0.810. The zero-order valence-corrected chi connectivity index (χ0v) is 16.3. The smallest absolute Gasteiger partial charge is 0.227 e. The number of hydrogen-bond donors (Lipinski definition) is 1. The van der Waals surface area contributed by atoms with Crippen LogP contribution < -0.4 is 10.1 Å². The van der Waals surface area contributed by atoms with Crippen LogP contribution >= 0.6 is 11.6 Å². The minimum absolute atomic E-state index is 0.0400. The van der Waals surface area contributed by atoms with Crippen LogP contribution in [0.1, 0.15) is 31.2 Å². The molecule has 2 atom stereocenters. The summed E-state index contributed by atoms with van der Waals surface area (Å²) in [5.74, 6) is 0.752. The maximum Gasteiger partial charge on any atom is 0.227 e. The maximum atomic E-state index is 12.9. The standard InChI is InChI=1S/C22H25ClN2O2/c1-27-21-10-7-17(23)13-20(21)24-22(26)16-11-18-8-9-19(12-16)25(18)14-15-5-3-2-4-6-15/h2-7,10,13,16,18-19H,8-9,11-12,14H2,1H3,(H,24,26). The van der Waals surface area contributed by atoms with Crippen molar-refractivity contribution in [3.05, 3.63) is 59.1 Å². The van der Waals surface area contributed by atoms with Gasteiger partial charge in [0.25, 0.3) is 0 Å². The fraction of sp³-hybridized carbons (Fsp3) is 0.409. The highest BCUT2D eigenvalue weighted by Crippen LogP contribution is 2.40. The average molecular weight is 385 g/mol. The van der Waals surface area contributed by atoms with Crippen LogP contribution in [0.4, 0.5) is 5.69 Å². The Balaban J connectivity index is 1.42. The molecule has 1 amide bonds. The second kappa shape index (κ2) is 7.91. The van der Waals surface area contributed by atoms with Gasteiger partial charge in [0.2, 0.25) is 5.91 Å². The summed E-state index contributed by atoms with van der Waals surface area (Å²) >= 11 is 6.08. The lowest BCUT2D eigenvalue weighted by atomic mass is 9.89. The molecule has 2 aliphatic heterocycles. The molecule has 2 aromatic rings. The molecular weight excluding hydrogens is 360 g/mol. The molecule has 4 rings (SSSR count). The van der Waals surface area contributed by atoms with Crippen LogP contribution in [0.15, 0.2) is 48.5 Å². The van der Waals surface area contributed by atoms with E-state index in [9.17, 15) is 4.79 Å². The minimum atomic E-state index is 0.0400. The van der Waals surface area contributed by atoms with Gasteiger partial charge in [-0.1, -0.05) is 41.9 Å². The average Bonchev–Trinajstić information content (AvgIpc) is 2.90. The third-order valence-electron chi connectivity index (χ3n) is 5.88. The third-order valence-corrected chi connectivity index (χ3v) is 6.12. The Labute approximate surface area is 165 Å². The lowest BCUT2D eigenvalue weighted by molar-refractivity contribution is -0.122. The first kappa shape index (κ1) is 18.3. The number of carbonyl (C=O) groups is 1. The van der Waals surface area contributed by atoms with Gasteiger partial charge >= 0.3 is 0 Å². The summed E-state index contributed by atoms with van der Waals surface area (Å²) in [5, 5.41) is 3.63. The number of halogens is 1. The Morgan fingerprint density at radius 3 is 2.52 bits per heavy atom.